The highest BCUT2D eigenvalue weighted by atomic mass is 16.5. The molecule has 2 aromatic carbocycles. The van der Waals surface area contributed by atoms with Crippen molar-refractivity contribution in [1.29, 1.82) is 0 Å². The van der Waals surface area contributed by atoms with Gasteiger partial charge >= 0.3 is 0 Å². The number of piperidine rings is 1. The van der Waals surface area contributed by atoms with Gasteiger partial charge in [0.05, 0.1) is 17.4 Å². The third-order valence-electron chi connectivity index (χ3n) is 7.49. The van der Waals surface area contributed by atoms with E-state index >= 15 is 0 Å². The predicted octanol–water partition coefficient (Wildman–Crippen LogP) is 4.52. The second kappa shape index (κ2) is 9.56. The summed E-state index contributed by atoms with van der Waals surface area (Å²) >= 11 is 0. The first-order valence-corrected chi connectivity index (χ1v) is 12.2. The number of likely N-dealkylation sites (tertiary alicyclic amines) is 1. The molecule has 1 N–H and O–H groups in total. The maximum atomic E-state index is 13.2. The lowest BCUT2D eigenvalue weighted by molar-refractivity contribution is 0.0425. The fraction of sp³-hybridized carbons (Fsp3) is 0.481. The maximum absolute atomic E-state index is 13.2. The van der Waals surface area contributed by atoms with Gasteiger partial charge in [0.15, 0.2) is 0 Å². The molecule has 1 fully saturated rings. The van der Waals surface area contributed by atoms with Crippen molar-refractivity contribution in [1.82, 2.24) is 19.8 Å². The molecule has 3 aromatic rings. The van der Waals surface area contributed by atoms with Crippen LogP contribution in [-0.4, -0.2) is 65.5 Å². The van der Waals surface area contributed by atoms with Crippen molar-refractivity contribution in [2.24, 2.45) is 5.41 Å². The zero-order valence-corrected chi connectivity index (χ0v) is 19.6. The van der Waals surface area contributed by atoms with Crippen LogP contribution in [-0.2, 0) is 6.42 Å². The summed E-state index contributed by atoms with van der Waals surface area (Å²) in [5, 5.41) is 0. The number of carbonyl (C=O) groups excluding carboxylic acids is 1. The Bertz CT molecular complexity index is 1100. The number of imidazole rings is 1. The number of aromatic amines is 1. The first-order valence-electron chi connectivity index (χ1n) is 12.2. The lowest BCUT2D eigenvalue weighted by atomic mass is 9.73. The van der Waals surface area contributed by atoms with Crippen LogP contribution in [0.5, 0.6) is 5.75 Å². The van der Waals surface area contributed by atoms with E-state index in [1.54, 1.807) is 6.33 Å². The highest BCUT2D eigenvalue weighted by Gasteiger charge is 2.36. The van der Waals surface area contributed by atoms with E-state index in [1.807, 2.05) is 23.1 Å². The standard InChI is InChI=1S/C27H34N4O2/c1-30-16-17-33-25-8-3-2-6-21(25)7-4-5-11-27(19-30)12-14-31(15-13-27)26(32)22-9-10-23-24(18-22)29-20-28-23/h2-3,6,8-10,18,20H,4-5,7,11-17,19H2,1H3,(H,28,29). The zero-order chi connectivity index (χ0) is 22.7. The number of aryl methyl sites for hydroxylation is 1. The van der Waals surface area contributed by atoms with Crippen LogP contribution >= 0.6 is 0 Å². The lowest BCUT2D eigenvalue weighted by Gasteiger charge is -2.44. The molecule has 0 aliphatic carbocycles. The number of amides is 1. The normalized spacial score (nSPS) is 20.0. The molecular formula is C27H34N4O2. The van der Waals surface area contributed by atoms with Crippen molar-refractivity contribution < 1.29 is 9.53 Å². The summed E-state index contributed by atoms with van der Waals surface area (Å²) < 4.78 is 6.13. The van der Waals surface area contributed by atoms with Crippen molar-refractivity contribution >= 4 is 16.9 Å². The van der Waals surface area contributed by atoms with E-state index in [2.05, 4.69) is 46.2 Å². The van der Waals surface area contributed by atoms with Crippen molar-refractivity contribution in [2.45, 2.75) is 38.5 Å². The van der Waals surface area contributed by atoms with Crippen molar-refractivity contribution in [3.8, 4) is 5.75 Å². The number of ether oxygens (including phenoxy) is 1. The van der Waals surface area contributed by atoms with Crippen LogP contribution in [0.1, 0.15) is 48.0 Å². The number of hydrogen-bond acceptors (Lipinski definition) is 4. The van der Waals surface area contributed by atoms with Gasteiger partial charge in [0.1, 0.15) is 12.4 Å². The number of likely N-dealkylation sites (N-methyl/N-ethyl adjacent to an activating group) is 1. The van der Waals surface area contributed by atoms with Crippen molar-refractivity contribution in [3.63, 3.8) is 0 Å². The van der Waals surface area contributed by atoms with Gasteiger partial charge in [-0.15, -0.1) is 0 Å². The second-order valence-corrected chi connectivity index (χ2v) is 9.83. The molecule has 2 aliphatic rings. The molecule has 0 unspecified atom stereocenters. The molecule has 0 atom stereocenters. The minimum atomic E-state index is 0.132. The third kappa shape index (κ3) is 4.91. The average molecular weight is 447 g/mol. The monoisotopic (exact) mass is 446 g/mol. The lowest BCUT2D eigenvalue weighted by Crippen LogP contribution is -2.48. The summed E-state index contributed by atoms with van der Waals surface area (Å²) in [7, 11) is 2.21. The largest absolute Gasteiger partial charge is 0.492 e. The van der Waals surface area contributed by atoms with Gasteiger partial charge in [0.2, 0.25) is 0 Å². The molecular weight excluding hydrogens is 412 g/mol. The number of hydrogen-bond donors (Lipinski definition) is 1. The topological polar surface area (TPSA) is 61.5 Å². The van der Waals surface area contributed by atoms with E-state index in [1.165, 1.54) is 24.8 Å². The molecule has 5 rings (SSSR count). The molecule has 0 saturated carbocycles. The molecule has 1 saturated heterocycles. The van der Waals surface area contributed by atoms with Crippen LogP contribution in [0.2, 0.25) is 0 Å². The SMILES string of the molecule is CN1CCOc2ccccc2CCCCC2(CCN(C(=O)c3ccc4nc[nH]c4c3)CC2)C1. The Hall–Kier alpha value is -2.86. The minimum absolute atomic E-state index is 0.132. The van der Waals surface area contributed by atoms with E-state index in [9.17, 15) is 4.79 Å². The van der Waals surface area contributed by atoms with E-state index in [4.69, 9.17) is 4.74 Å². The Morgan fingerprint density at radius 1 is 1.06 bits per heavy atom. The van der Waals surface area contributed by atoms with E-state index in [0.29, 0.717) is 6.61 Å². The first-order chi connectivity index (χ1) is 16.1. The van der Waals surface area contributed by atoms with Gasteiger partial charge in [-0.2, -0.15) is 0 Å². The number of nitrogens with one attached hydrogen (secondary N) is 1. The van der Waals surface area contributed by atoms with Gasteiger partial charge in [-0.1, -0.05) is 24.6 Å². The van der Waals surface area contributed by atoms with Gasteiger partial charge < -0.3 is 19.5 Å². The number of para-hydroxylation sites is 1. The van der Waals surface area contributed by atoms with Crippen molar-refractivity contribution in [3.05, 3.63) is 59.9 Å². The molecule has 1 amide bonds. The summed E-state index contributed by atoms with van der Waals surface area (Å²) in [6.07, 6.45) is 8.49. The quantitative estimate of drug-likeness (QED) is 0.597. The molecule has 33 heavy (non-hydrogen) atoms. The zero-order valence-electron chi connectivity index (χ0n) is 19.6. The van der Waals surface area contributed by atoms with E-state index in [0.717, 1.165) is 67.8 Å². The minimum Gasteiger partial charge on any atom is -0.492 e. The molecule has 6 heteroatoms. The Kier molecular flexibility index (Phi) is 6.36. The number of nitrogens with zero attached hydrogens (tertiary/aromatic N) is 3. The molecule has 0 bridgehead atoms. The highest BCUT2D eigenvalue weighted by molar-refractivity contribution is 5.97. The summed E-state index contributed by atoms with van der Waals surface area (Å²) in [6, 6.07) is 14.2. The molecule has 2 aliphatic heterocycles. The van der Waals surface area contributed by atoms with Gasteiger partial charge in [0.25, 0.3) is 5.91 Å². The van der Waals surface area contributed by atoms with Crippen LogP contribution in [0.4, 0.5) is 0 Å². The Labute approximate surface area is 195 Å². The van der Waals surface area contributed by atoms with Gasteiger partial charge in [-0.05, 0) is 74.4 Å². The van der Waals surface area contributed by atoms with Gasteiger partial charge in [-0.3, -0.25) is 4.79 Å². The van der Waals surface area contributed by atoms with Crippen LogP contribution < -0.4 is 4.74 Å². The third-order valence-corrected chi connectivity index (χ3v) is 7.49. The smallest absolute Gasteiger partial charge is 0.253 e. The van der Waals surface area contributed by atoms with E-state index < -0.39 is 0 Å². The molecule has 1 aromatic heterocycles. The number of benzene rings is 2. The number of fused-ring (bicyclic) bond motifs is 2. The second-order valence-electron chi connectivity index (χ2n) is 9.83. The summed E-state index contributed by atoms with van der Waals surface area (Å²) in [4.78, 5) is 25.0. The maximum Gasteiger partial charge on any atom is 0.253 e. The van der Waals surface area contributed by atoms with Crippen molar-refractivity contribution in [2.75, 3.05) is 39.8 Å². The highest BCUT2D eigenvalue weighted by Crippen LogP contribution is 2.38. The van der Waals surface area contributed by atoms with Crippen LogP contribution in [0.15, 0.2) is 48.8 Å². The van der Waals surface area contributed by atoms with Crippen LogP contribution in [0.3, 0.4) is 0 Å². The molecule has 0 radical (unpaired) electrons. The fourth-order valence-corrected chi connectivity index (χ4v) is 5.55. The van der Waals surface area contributed by atoms with Gasteiger partial charge in [0, 0.05) is 31.7 Å². The van der Waals surface area contributed by atoms with Gasteiger partial charge in [-0.25, -0.2) is 4.98 Å². The predicted molar refractivity (Wildman–Crippen MR) is 131 cm³/mol. The molecule has 174 valence electrons. The number of aromatic nitrogens is 2. The Morgan fingerprint density at radius 3 is 2.79 bits per heavy atom. The summed E-state index contributed by atoms with van der Waals surface area (Å²) in [6.45, 7) is 4.35. The molecule has 1 spiro atoms. The van der Waals surface area contributed by atoms with Crippen LogP contribution in [0, 0.1) is 5.41 Å². The summed E-state index contributed by atoms with van der Waals surface area (Å²) in [5.74, 6) is 1.18. The number of rotatable bonds is 1. The number of H-pyrrole nitrogens is 1. The Balaban J connectivity index is 1.24. The Morgan fingerprint density at radius 2 is 1.91 bits per heavy atom. The molecule has 3 heterocycles. The van der Waals surface area contributed by atoms with Crippen LogP contribution in [0.25, 0.3) is 11.0 Å². The van der Waals surface area contributed by atoms with E-state index in [-0.39, 0.29) is 11.3 Å². The fourth-order valence-electron chi connectivity index (χ4n) is 5.55. The number of carbonyl (C=O) groups is 1. The average Bonchev–Trinajstić information content (AvgIpc) is 3.30. The summed E-state index contributed by atoms with van der Waals surface area (Å²) in [5.41, 5.74) is 4.15. The molecule has 6 nitrogen and oxygen atoms in total. The first kappa shape index (κ1) is 22.0.